The summed E-state index contributed by atoms with van der Waals surface area (Å²) in [6.07, 6.45) is 9.33. The molecule has 0 bridgehead atoms. The van der Waals surface area contributed by atoms with E-state index in [0.717, 1.165) is 26.1 Å². The zero-order chi connectivity index (χ0) is 11.5. The van der Waals surface area contributed by atoms with Crippen molar-refractivity contribution in [1.29, 1.82) is 0 Å². The van der Waals surface area contributed by atoms with Crippen LogP contribution in [0.3, 0.4) is 0 Å². The van der Waals surface area contributed by atoms with Crippen molar-refractivity contribution in [2.45, 2.75) is 38.5 Å². The Morgan fingerprint density at radius 2 is 1.94 bits per heavy atom. The van der Waals surface area contributed by atoms with E-state index in [0.29, 0.717) is 0 Å². The summed E-state index contributed by atoms with van der Waals surface area (Å²) in [4.78, 5) is 4.25. The van der Waals surface area contributed by atoms with Gasteiger partial charge < -0.3 is 11.1 Å². The number of unbranched alkanes of at least 4 members (excludes halogenated alkanes) is 4. The average molecular weight is 241 g/mol. The quantitative estimate of drug-likeness (QED) is 0.617. The lowest BCUT2D eigenvalue weighted by atomic mass is 10.1. The predicted octanol–water partition coefficient (Wildman–Crippen LogP) is 2.18. The minimum absolute atomic E-state index is 0.839. The number of hydrogen-bond acceptors (Lipinski definition) is 4. The summed E-state index contributed by atoms with van der Waals surface area (Å²) in [5.74, 6) is 0. The molecule has 3 nitrogen and oxygen atoms in total. The first-order valence-corrected chi connectivity index (χ1v) is 7.10. The van der Waals surface area contributed by atoms with E-state index < -0.39 is 0 Å². The third-order valence-electron chi connectivity index (χ3n) is 2.56. The number of nitrogens with two attached hydrogens (primary N) is 1. The second-order valence-corrected chi connectivity index (χ2v) is 4.96. The molecule has 0 unspecified atom stereocenters. The lowest BCUT2D eigenvalue weighted by molar-refractivity contribution is 0.578. The largest absolute Gasteiger partial charge is 0.330 e. The lowest BCUT2D eigenvalue weighted by Crippen LogP contribution is -2.18. The fourth-order valence-electron chi connectivity index (χ4n) is 1.62. The molecule has 1 aromatic heterocycles. The van der Waals surface area contributed by atoms with Gasteiger partial charge >= 0.3 is 0 Å². The van der Waals surface area contributed by atoms with Crippen LogP contribution < -0.4 is 11.1 Å². The highest BCUT2D eigenvalue weighted by molar-refractivity contribution is 7.09. The van der Waals surface area contributed by atoms with E-state index in [1.54, 1.807) is 11.3 Å². The summed E-state index contributed by atoms with van der Waals surface area (Å²) in [5, 5.41) is 6.72. The van der Waals surface area contributed by atoms with Gasteiger partial charge in [0.15, 0.2) is 0 Å². The summed E-state index contributed by atoms with van der Waals surface area (Å²) in [7, 11) is 0. The molecule has 92 valence electrons. The number of nitrogens with zero attached hydrogens (tertiary/aromatic N) is 1. The summed E-state index contributed by atoms with van der Waals surface area (Å²) >= 11 is 1.74. The molecule has 0 amide bonds. The van der Waals surface area contributed by atoms with Crippen molar-refractivity contribution in [2.24, 2.45) is 5.73 Å². The Hall–Kier alpha value is -0.450. The van der Waals surface area contributed by atoms with E-state index >= 15 is 0 Å². The van der Waals surface area contributed by atoms with Gasteiger partial charge in [0.25, 0.3) is 0 Å². The first kappa shape index (κ1) is 13.6. The summed E-state index contributed by atoms with van der Waals surface area (Å²) in [6, 6.07) is 0. The van der Waals surface area contributed by atoms with E-state index in [-0.39, 0.29) is 0 Å². The number of thiazole rings is 1. The fourth-order valence-corrected chi connectivity index (χ4v) is 2.24. The first-order chi connectivity index (χ1) is 7.93. The molecule has 0 saturated carbocycles. The summed E-state index contributed by atoms with van der Waals surface area (Å²) < 4.78 is 0. The van der Waals surface area contributed by atoms with Crippen LogP contribution in [0.25, 0.3) is 0 Å². The highest BCUT2D eigenvalue weighted by Gasteiger charge is 1.94. The molecule has 0 aliphatic carbocycles. The van der Waals surface area contributed by atoms with Crippen molar-refractivity contribution in [1.82, 2.24) is 10.3 Å². The molecule has 1 rings (SSSR count). The maximum absolute atomic E-state index is 5.44. The molecule has 0 aliphatic heterocycles. The van der Waals surface area contributed by atoms with E-state index in [4.69, 9.17) is 5.73 Å². The zero-order valence-electron chi connectivity index (χ0n) is 9.95. The average Bonchev–Trinajstić information content (AvgIpc) is 2.80. The van der Waals surface area contributed by atoms with E-state index in [1.165, 1.54) is 37.1 Å². The van der Waals surface area contributed by atoms with Gasteiger partial charge in [-0.15, -0.1) is 11.3 Å². The van der Waals surface area contributed by atoms with Gasteiger partial charge in [0, 0.05) is 24.5 Å². The van der Waals surface area contributed by atoms with Crippen molar-refractivity contribution >= 4 is 11.3 Å². The van der Waals surface area contributed by atoms with Crippen molar-refractivity contribution < 1.29 is 0 Å². The third-order valence-corrected chi connectivity index (χ3v) is 3.40. The third kappa shape index (κ3) is 6.93. The second kappa shape index (κ2) is 9.75. The predicted molar refractivity (Wildman–Crippen MR) is 70.8 cm³/mol. The highest BCUT2D eigenvalue weighted by Crippen LogP contribution is 2.04. The molecule has 1 heterocycles. The normalized spacial score (nSPS) is 10.8. The van der Waals surface area contributed by atoms with Crippen LogP contribution in [0, 0.1) is 0 Å². The number of nitrogens with one attached hydrogen (secondary N) is 1. The minimum Gasteiger partial charge on any atom is -0.330 e. The van der Waals surface area contributed by atoms with Crippen LogP contribution in [-0.4, -0.2) is 24.6 Å². The van der Waals surface area contributed by atoms with Crippen LogP contribution in [0.15, 0.2) is 11.6 Å². The summed E-state index contributed by atoms with van der Waals surface area (Å²) in [5.41, 5.74) is 5.44. The number of hydrogen-bond donors (Lipinski definition) is 2. The van der Waals surface area contributed by atoms with Gasteiger partial charge in [0.1, 0.15) is 0 Å². The lowest BCUT2D eigenvalue weighted by Gasteiger charge is -2.03. The topological polar surface area (TPSA) is 50.9 Å². The molecular weight excluding hydrogens is 218 g/mol. The maximum Gasteiger partial charge on any atom is 0.0937 e. The highest BCUT2D eigenvalue weighted by atomic mass is 32.1. The molecule has 0 spiro atoms. The van der Waals surface area contributed by atoms with Crippen LogP contribution >= 0.6 is 11.3 Å². The molecule has 1 aromatic rings. The molecule has 0 atom stereocenters. The smallest absolute Gasteiger partial charge is 0.0937 e. The van der Waals surface area contributed by atoms with Crippen LogP contribution in [-0.2, 0) is 6.42 Å². The van der Waals surface area contributed by atoms with Gasteiger partial charge in [-0.2, -0.15) is 0 Å². The standard InChI is InChI=1S/C12H23N3S/c13-7-4-2-1-3-5-8-14-9-6-12-15-10-11-16-12/h10-11,14H,1-9,13H2. The van der Waals surface area contributed by atoms with Gasteiger partial charge in [0.05, 0.1) is 5.01 Å². The Morgan fingerprint density at radius 3 is 2.69 bits per heavy atom. The Morgan fingerprint density at radius 1 is 1.12 bits per heavy atom. The molecular formula is C12H23N3S. The molecule has 0 aliphatic rings. The Kier molecular flexibility index (Phi) is 8.30. The van der Waals surface area contributed by atoms with Crippen molar-refractivity contribution in [3.63, 3.8) is 0 Å². The Labute approximate surface area is 102 Å². The van der Waals surface area contributed by atoms with Crippen LogP contribution in [0.2, 0.25) is 0 Å². The van der Waals surface area contributed by atoms with Crippen molar-refractivity contribution in [3.05, 3.63) is 16.6 Å². The van der Waals surface area contributed by atoms with Gasteiger partial charge in [-0.3, -0.25) is 0 Å². The molecule has 0 aromatic carbocycles. The second-order valence-electron chi connectivity index (χ2n) is 3.98. The summed E-state index contributed by atoms with van der Waals surface area (Å²) in [6.45, 7) is 3.02. The molecule has 3 N–H and O–H groups in total. The van der Waals surface area contributed by atoms with Gasteiger partial charge in [-0.05, 0) is 25.9 Å². The van der Waals surface area contributed by atoms with Crippen molar-refractivity contribution in [2.75, 3.05) is 19.6 Å². The minimum atomic E-state index is 0.839. The van der Waals surface area contributed by atoms with E-state index in [9.17, 15) is 0 Å². The van der Waals surface area contributed by atoms with Crippen LogP contribution in [0.5, 0.6) is 0 Å². The van der Waals surface area contributed by atoms with Gasteiger partial charge in [-0.1, -0.05) is 19.3 Å². The van der Waals surface area contributed by atoms with Gasteiger partial charge in [-0.25, -0.2) is 4.98 Å². The molecule has 0 saturated heterocycles. The van der Waals surface area contributed by atoms with Crippen molar-refractivity contribution in [3.8, 4) is 0 Å². The Balaban J connectivity index is 1.78. The molecule has 0 radical (unpaired) electrons. The van der Waals surface area contributed by atoms with Crippen LogP contribution in [0.1, 0.15) is 37.1 Å². The first-order valence-electron chi connectivity index (χ1n) is 6.22. The van der Waals surface area contributed by atoms with Gasteiger partial charge in [0.2, 0.25) is 0 Å². The number of rotatable bonds is 10. The monoisotopic (exact) mass is 241 g/mol. The maximum atomic E-state index is 5.44. The molecule has 0 fully saturated rings. The Bertz CT molecular complexity index is 236. The zero-order valence-corrected chi connectivity index (χ0v) is 10.8. The van der Waals surface area contributed by atoms with Crippen LogP contribution in [0.4, 0.5) is 0 Å². The number of aromatic nitrogens is 1. The van der Waals surface area contributed by atoms with E-state index in [2.05, 4.69) is 10.3 Å². The van der Waals surface area contributed by atoms with E-state index in [1.807, 2.05) is 11.6 Å². The molecule has 16 heavy (non-hydrogen) atoms. The SMILES string of the molecule is NCCCCCCCNCCc1nccs1. The molecule has 4 heteroatoms. The fraction of sp³-hybridized carbons (Fsp3) is 0.750.